The molecule has 1 N–H and O–H groups in total. The number of hydrogen-bond donors (Lipinski definition) is 1. The zero-order valence-electron chi connectivity index (χ0n) is 22.3. The first kappa shape index (κ1) is 27.8. The number of ether oxygens (including phenoxy) is 2. The van der Waals surface area contributed by atoms with E-state index in [9.17, 15) is 14.3 Å². The molecule has 1 unspecified atom stereocenters. The van der Waals surface area contributed by atoms with Crippen LogP contribution in [0.5, 0.6) is 5.88 Å². The summed E-state index contributed by atoms with van der Waals surface area (Å²) < 4.78 is 57.9. The first-order chi connectivity index (χ1) is 20.8. The third-order valence-corrected chi connectivity index (χ3v) is 7.00. The number of hydrogen-bond acceptors (Lipinski definition) is 8. The van der Waals surface area contributed by atoms with Crippen LogP contribution < -0.4 is 4.74 Å². The van der Waals surface area contributed by atoms with E-state index in [2.05, 4.69) is 19.9 Å². The van der Waals surface area contributed by atoms with Crippen LogP contribution in [0.2, 0.25) is 0 Å². The van der Waals surface area contributed by atoms with E-state index < -0.39 is 29.3 Å². The lowest BCUT2D eigenvalue weighted by Crippen LogP contribution is -2.31. The molecule has 1 saturated heterocycles. The number of carboxylic acids is 1. The molecule has 4 heterocycles. The Morgan fingerprint density at radius 1 is 1.07 bits per heavy atom. The fourth-order valence-corrected chi connectivity index (χ4v) is 4.64. The highest BCUT2D eigenvalue weighted by atomic mass is 19.1. The van der Waals surface area contributed by atoms with E-state index in [1.165, 1.54) is 30.5 Å². The zero-order chi connectivity index (χ0) is 30.1. The average Bonchev–Trinajstić information content (AvgIpc) is 3.32. The summed E-state index contributed by atoms with van der Waals surface area (Å²) in [5.41, 5.74) is 1.58. The molecule has 5 aromatic rings. The Morgan fingerprint density at radius 3 is 2.60 bits per heavy atom. The Labute approximate surface area is 242 Å². The number of carbonyl (C=O) groups is 1. The number of pyridine rings is 1. The number of imidazole rings is 1. The number of benzene rings is 2. The van der Waals surface area contributed by atoms with Gasteiger partial charge in [0.2, 0.25) is 5.82 Å². The van der Waals surface area contributed by atoms with Crippen molar-refractivity contribution in [3.63, 3.8) is 0 Å². The van der Waals surface area contributed by atoms with E-state index in [-0.39, 0.29) is 41.6 Å². The van der Waals surface area contributed by atoms with E-state index >= 15 is 8.78 Å². The lowest BCUT2D eigenvalue weighted by Gasteiger charge is -2.27. The summed E-state index contributed by atoms with van der Waals surface area (Å²) in [5.74, 6) is -3.98. The van der Waals surface area contributed by atoms with Crippen LogP contribution in [-0.4, -0.2) is 48.3 Å². The molecule has 0 amide bonds. The molecule has 0 radical (unpaired) electrons. The third kappa shape index (κ3) is 5.73. The molecule has 0 aliphatic carbocycles. The highest BCUT2D eigenvalue weighted by molar-refractivity contribution is 5.92. The van der Waals surface area contributed by atoms with Gasteiger partial charge in [-0.05, 0) is 54.4 Å². The van der Waals surface area contributed by atoms with Gasteiger partial charge >= 0.3 is 5.97 Å². The highest BCUT2D eigenvalue weighted by Crippen LogP contribution is 2.29. The van der Waals surface area contributed by atoms with Crippen LogP contribution in [0.4, 0.5) is 13.2 Å². The Bertz CT molecular complexity index is 1900. The summed E-state index contributed by atoms with van der Waals surface area (Å²) in [5, 5.41) is 18.3. The quantitative estimate of drug-likeness (QED) is 0.257. The van der Waals surface area contributed by atoms with E-state index in [1.807, 2.05) is 6.07 Å². The van der Waals surface area contributed by atoms with Gasteiger partial charge in [0, 0.05) is 19.2 Å². The lowest BCUT2D eigenvalue weighted by molar-refractivity contribution is -0.0589. The summed E-state index contributed by atoms with van der Waals surface area (Å²) in [6, 6.07) is 11.4. The predicted molar refractivity (Wildman–Crippen MR) is 144 cm³/mol. The van der Waals surface area contributed by atoms with Gasteiger partial charge in [0.15, 0.2) is 5.82 Å². The molecule has 0 bridgehead atoms. The van der Waals surface area contributed by atoms with Gasteiger partial charge in [-0.15, -0.1) is 0 Å². The second kappa shape index (κ2) is 11.5. The number of fused-ring (bicyclic) bond motifs is 1. The maximum atomic E-state index is 15.4. The molecule has 1 atom stereocenters. The molecule has 10 nitrogen and oxygen atoms in total. The Kier molecular flexibility index (Phi) is 7.43. The average molecular weight is 587 g/mol. The fourth-order valence-electron chi connectivity index (χ4n) is 4.64. The summed E-state index contributed by atoms with van der Waals surface area (Å²) in [4.78, 5) is 27.9. The number of nitrogens with zero attached hydrogens (tertiary/aromatic N) is 6. The number of nitriles is 1. The van der Waals surface area contributed by atoms with E-state index in [4.69, 9.17) is 14.7 Å². The molecule has 13 heteroatoms. The van der Waals surface area contributed by atoms with E-state index in [1.54, 1.807) is 10.6 Å². The topological polar surface area (TPSA) is 136 Å². The third-order valence-electron chi connectivity index (χ3n) is 7.00. The minimum Gasteiger partial charge on any atom is -0.478 e. The van der Waals surface area contributed by atoms with E-state index in [0.717, 1.165) is 24.8 Å². The Balaban J connectivity index is 1.28. The minimum atomic E-state index is -1.10. The molecular weight excluding hydrogens is 565 g/mol. The number of aromatic carboxylic acids is 1. The summed E-state index contributed by atoms with van der Waals surface area (Å²) in [7, 11) is 0. The maximum absolute atomic E-state index is 15.4. The van der Waals surface area contributed by atoms with Crippen LogP contribution >= 0.6 is 0 Å². The van der Waals surface area contributed by atoms with Gasteiger partial charge < -0.3 is 19.1 Å². The van der Waals surface area contributed by atoms with Gasteiger partial charge in [0.05, 0.1) is 52.3 Å². The Hall–Kier alpha value is -5.35. The van der Waals surface area contributed by atoms with Gasteiger partial charge in [-0.3, -0.25) is 4.98 Å². The predicted octanol–water partition coefficient (Wildman–Crippen LogP) is 4.83. The number of aromatic nitrogens is 5. The molecule has 3 aromatic heterocycles. The zero-order valence-corrected chi connectivity index (χ0v) is 22.3. The number of halogens is 3. The van der Waals surface area contributed by atoms with E-state index in [0.29, 0.717) is 41.3 Å². The molecule has 0 spiro atoms. The maximum Gasteiger partial charge on any atom is 0.335 e. The Morgan fingerprint density at radius 2 is 1.91 bits per heavy atom. The molecule has 6 rings (SSSR count). The molecule has 1 aliphatic rings. The van der Waals surface area contributed by atoms with Crippen LogP contribution in [0, 0.1) is 28.8 Å². The van der Waals surface area contributed by atoms with Crippen molar-refractivity contribution in [1.82, 2.24) is 24.5 Å². The smallest absolute Gasteiger partial charge is 0.335 e. The largest absolute Gasteiger partial charge is 0.478 e. The van der Waals surface area contributed by atoms with Gasteiger partial charge in [-0.25, -0.2) is 23.5 Å². The van der Waals surface area contributed by atoms with Gasteiger partial charge in [-0.1, -0.05) is 0 Å². The summed E-state index contributed by atoms with van der Waals surface area (Å²) in [6.45, 7) is 0.801. The van der Waals surface area contributed by atoms with Crippen LogP contribution in [0.3, 0.4) is 0 Å². The second-order valence-electron chi connectivity index (χ2n) is 9.81. The van der Waals surface area contributed by atoms with Gasteiger partial charge in [0.1, 0.15) is 30.1 Å². The molecular formula is C30H21F3N6O4. The summed E-state index contributed by atoms with van der Waals surface area (Å²) >= 11 is 0. The first-order valence-corrected chi connectivity index (χ1v) is 13.1. The number of rotatable bonds is 9. The van der Waals surface area contributed by atoms with Crippen LogP contribution in [-0.2, 0) is 24.3 Å². The van der Waals surface area contributed by atoms with Crippen LogP contribution in [0.15, 0.2) is 54.9 Å². The molecule has 1 fully saturated rings. The van der Waals surface area contributed by atoms with Crippen molar-refractivity contribution >= 4 is 17.0 Å². The number of carboxylic acid groups (broad SMARTS) is 1. The molecule has 43 heavy (non-hydrogen) atoms. The van der Waals surface area contributed by atoms with Crippen molar-refractivity contribution in [3.8, 4) is 23.3 Å². The molecule has 216 valence electrons. The van der Waals surface area contributed by atoms with Crippen molar-refractivity contribution < 1.29 is 32.5 Å². The van der Waals surface area contributed by atoms with Gasteiger partial charge in [0.25, 0.3) is 5.88 Å². The van der Waals surface area contributed by atoms with Crippen molar-refractivity contribution in [3.05, 3.63) is 101 Å². The minimum absolute atomic E-state index is 0.00346. The second-order valence-corrected chi connectivity index (χ2v) is 9.81. The monoisotopic (exact) mass is 586 g/mol. The molecule has 1 aliphatic heterocycles. The molecule has 0 saturated carbocycles. The van der Waals surface area contributed by atoms with Crippen LogP contribution in [0.1, 0.15) is 39.4 Å². The molecule has 2 aromatic carbocycles. The van der Waals surface area contributed by atoms with Gasteiger partial charge in [-0.2, -0.15) is 14.6 Å². The summed E-state index contributed by atoms with van der Waals surface area (Å²) in [6.07, 6.45) is 2.74. The normalized spacial score (nSPS) is 14.3. The SMILES string of the molecule is N#Cc1ccc(COc2nc(-c3cc(F)c(Cc4nc5ccc(C(=O)O)cc5n4CC4CCO4)cc3F)ncc2F)nc1. The van der Waals surface area contributed by atoms with Crippen molar-refractivity contribution in [1.29, 1.82) is 5.26 Å². The highest BCUT2D eigenvalue weighted by Gasteiger charge is 2.24. The van der Waals surface area contributed by atoms with Crippen molar-refractivity contribution in [2.45, 2.75) is 32.1 Å². The first-order valence-electron chi connectivity index (χ1n) is 13.1. The van der Waals surface area contributed by atoms with Crippen molar-refractivity contribution in [2.24, 2.45) is 0 Å². The van der Waals surface area contributed by atoms with Crippen LogP contribution in [0.25, 0.3) is 22.4 Å². The standard InChI is InChI=1S/C30H21F3N6O4/c31-22-10-21(28-36-13-24(33)29(38-28)43-15-19-3-1-16(11-34)12-35-19)23(32)7-18(22)9-27-37-25-4-2-17(30(40)41)8-26(25)39(27)14-20-5-6-42-20/h1-4,7-8,10,12-13,20H,5-6,9,14-15H2,(H,40,41). The lowest BCUT2D eigenvalue weighted by atomic mass is 10.1. The fraction of sp³-hybridized carbons (Fsp3) is 0.200. The van der Waals surface area contributed by atoms with Crippen molar-refractivity contribution in [2.75, 3.05) is 6.61 Å².